The van der Waals surface area contributed by atoms with Gasteiger partial charge in [0.1, 0.15) is 29.7 Å². The summed E-state index contributed by atoms with van der Waals surface area (Å²) >= 11 is 1.64. The highest BCUT2D eigenvalue weighted by Gasteiger charge is 2.34. The molecule has 0 aliphatic carbocycles. The Labute approximate surface area is 208 Å². The predicted molar refractivity (Wildman–Crippen MR) is 134 cm³/mol. The lowest BCUT2D eigenvalue weighted by molar-refractivity contribution is 0.0668. The number of phenols is 1. The summed E-state index contributed by atoms with van der Waals surface area (Å²) in [7, 11) is 1.53. The molecule has 0 aromatic heterocycles. The van der Waals surface area contributed by atoms with Crippen molar-refractivity contribution in [2.75, 3.05) is 45.8 Å². The van der Waals surface area contributed by atoms with Gasteiger partial charge in [-0.05, 0) is 47.0 Å². The van der Waals surface area contributed by atoms with Gasteiger partial charge in [0.2, 0.25) is 0 Å². The van der Waals surface area contributed by atoms with E-state index in [0.29, 0.717) is 23.7 Å². The van der Waals surface area contributed by atoms with Gasteiger partial charge < -0.3 is 14.6 Å². The van der Waals surface area contributed by atoms with Crippen LogP contribution in [0.25, 0.3) is 0 Å². The number of halogens is 2. The van der Waals surface area contributed by atoms with E-state index in [2.05, 4.69) is 4.90 Å². The fourth-order valence-electron chi connectivity index (χ4n) is 5.04. The van der Waals surface area contributed by atoms with Gasteiger partial charge in [-0.25, -0.2) is 4.39 Å². The van der Waals surface area contributed by atoms with E-state index in [4.69, 9.17) is 9.47 Å². The molecule has 2 heterocycles. The Kier molecular flexibility index (Phi) is 7.16. The highest BCUT2D eigenvalue weighted by Crippen LogP contribution is 2.50. The largest absolute Gasteiger partial charge is 0.508 e. The van der Waals surface area contributed by atoms with Crippen LogP contribution < -0.4 is 9.47 Å². The minimum Gasteiger partial charge on any atom is -0.508 e. The van der Waals surface area contributed by atoms with Crippen LogP contribution >= 0.6 is 11.8 Å². The average molecular weight is 498 g/mol. The third kappa shape index (κ3) is 5.11. The van der Waals surface area contributed by atoms with E-state index in [1.165, 1.54) is 13.2 Å². The number of hydrogen-bond acceptors (Lipinski definition) is 5. The Hall–Kier alpha value is -2.77. The lowest BCUT2D eigenvalue weighted by Crippen LogP contribution is -2.49. The molecule has 0 spiro atoms. The zero-order valence-corrected chi connectivity index (χ0v) is 20.4. The quantitative estimate of drug-likeness (QED) is 0.423. The Morgan fingerprint density at radius 2 is 1.74 bits per heavy atom. The normalized spacial score (nSPS) is 20.2. The number of methoxy groups -OCH3 is 1. The third-order valence-electron chi connectivity index (χ3n) is 6.93. The standard InChI is InChI=1S/C28H29F2NO3S/c1-33-22-7-9-23(26(30)13-22)25-17-35-27-12-20(32)4-8-24(27)28(25)19-2-5-21(6-3-19)34-11-10-31-15-18(14-29)16-31/h2-9,12-13,18,25,28,32H,10-11,14-17H2,1H3/t25-,28-/m0/s1. The topological polar surface area (TPSA) is 41.9 Å². The van der Waals surface area contributed by atoms with Crippen LogP contribution in [0.1, 0.15) is 28.5 Å². The molecule has 4 nitrogen and oxygen atoms in total. The maximum absolute atomic E-state index is 15.1. The highest BCUT2D eigenvalue weighted by molar-refractivity contribution is 7.99. The maximum atomic E-state index is 15.1. The molecule has 0 bridgehead atoms. The van der Waals surface area contributed by atoms with Gasteiger partial charge in [0, 0.05) is 54.1 Å². The molecule has 5 rings (SSSR count). The summed E-state index contributed by atoms with van der Waals surface area (Å²) in [6, 6.07) is 18.5. The first-order valence-corrected chi connectivity index (χ1v) is 12.8. The van der Waals surface area contributed by atoms with Crippen molar-refractivity contribution in [2.45, 2.75) is 16.7 Å². The maximum Gasteiger partial charge on any atom is 0.130 e. The molecule has 0 unspecified atom stereocenters. The molecule has 0 radical (unpaired) electrons. The monoisotopic (exact) mass is 497 g/mol. The van der Waals surface area contributed by atoms with Gasteiger partial charge in [-0.15, -0.1) is 11.8 Å². The van der Waals surface area contributed by atoms with Crippen LogP contribution in [0.15, 0.2) is 65.6 Å². The second-order valence-electron chi connectivity index (χ2n) is 9.20. The molecular formula is C28H29F2NO3S. The first-order chi connectivity index (χ1) is 17.1. The van der Waals surface area contributed by atoms with Gasteiger partial charge >= 0.3 is 0 Å². The molecule has 1 fully saturated rings. The summed E-state index contributed by atoms with van der Waals surface area (Å²) in [6.45, 7) is 2.70. The predicted octanol–water partition coefficient (Wildman–Crippen LogP) is 5.84. The molecule has 1 saturated heterocycles. The van der Waals surface area contributed by atoms with Gasteiger partial charge in [0.15, 0.2) is 0 Å². The van der Waals surface area contributed by atoms with Crippen LogP contribution in [-0.2, 0) is 0 Å². The number of alkyl halides is 1. The molecule has 1 N–H and O–H groups in total. The number of rotatable bonds is 8. The number of benzene rings is 3. The second-order valence-corrected chi connectivity index (χ2v) is 10.3. The van der Waals surface area contributed by atoms with E-state index in [9.17, 15) is 9.50 Å². The van der Waals surface area contributed by atoms with E-state index in [0.717, 1.165) is 41.4 Å². The zero-order valence-electron chi connectivity index (χ0n) is 19.6. The number of fused-ring (bicyclic) bond motifs is 1. The number of phenolic OH excluding ortho intramolecular Hbond substituents is 1. The van der Waals surface area contributed by atoms with Crippen molar-refractivity contribution < 1.29 is 23.4 Å². The van der Waals surface area contributed by atoms with Gasteiger partial charge in [-0.2, -0.15) is 0 Å². The second kappa shape index (κ2) is 10.5. The molecule has 2 atom stereocenters. The van der Waals surface area contributed by atoms with Crippen molar-refractivity contribution in [3.05, 3.63) is 83.2 Å². The molecule has 35 heavy (non-hydrogen) atoms. The molecule has 7 heteroatoms. The van der Waals surface area contributed by atoms with Gasteiger partial charge in [-0.1, -0.05) is 24.3 Å². The summed E-state index contributed by atoms with van der Waals surface area (Å²) in [6.07, 6.45) is 0. The van der Waals surface area contributed by atoms with Crippen molar-refractivity contribution in [1.29, 1.82) is 0 Å². The van der Waals surface area contributed by atoms with Crippen LogP contribution in [0, 0.1) is 11.7 Å². The van der Waals surface area contributed by atoms with Gasteiger partial charge in [0.05, 0.1) is 13.8 Å². The van der Waals surface area contributed by atoms with Crippen molar-refractivity contribution in [1.82, 2.24) is 4.90 Å². The van der Waals surface area contributed by atoms with E-state index in [1.807, 2.05) is 36.4 Å². The number of ether oxygens (including phenoxy) is 2. The van der Waals surface area contributed by atoms with Crippen LogP contribution in [0.3, 0.4) is 0 Å². The van der Waals surface area contributed by atoms with Gasteiger partial charge in [0.25, 0.3) is 0 Å². The van der Waals surface area contributed by atoms with Crippen LogP contribution in [0.5, 0.6) is 17.2 Å². The number of thioether (sulfide) groups is 1. The Morgan fingerprint density at radius 3 is 2.46 bits per heavy atom. The Bertz CT molecular complexity index is 1170. The Balaban J connectivity index is 1.37. The molecule has 0 amide bonds. The summed E-state index contributed by atoms with van der Waals surface area (Å²) in [5.41, 5.74) is 2.80. The summed E-state index contributed by atoms with van der Waals surface area (Å²) in [5, 5.41) is 10.0. The minimum atomic E-state index is -0.275. The number of hydrogen-bond donors (Lipinski definition) is 1. The minimum absolute atomic E-state index is 0.0671. The summed E-state index contributed by atoms with van der Waals surface area (Å²) in [5.74, 6) is 1.95. The first kappa shape index (κ1) is 23.9. The first-order valence-electron chi connectivity index (χ1n) is 11.9. The van der Waals surface area contributed by atoms with E-state index >= 15 is 4.39 Å². The number of likely N-dealkylation sites (tertiary alicyclic amines) is 1. The SMILES string of the molecule is COc1ccc([C@@H]2CSc3cc(O)ccc3[C@@H]2c2ccc(OCCN3CC(CF)C3)cc2)c(F)c1. The van der Waals surface area contributed by atoms with Crippen LogP contribution in [-0.4, -0.2) is 55.8 Å². The molecule has 0 saturated carbocycles. The van der Waals surface area contributed by atoms with Crippen LogP contribution in [0.4, 0.5) is 8.78 Å². The van der Waals surface area contributed by atoms with Gasteiger partial charge in [-0.3, -0.25) is 9.29 Å². The van der Waals surface area contributed by atoms with Crippen molar-refractivity contribution in [2.24, 2.45) is 5.92 Å². The summed E-state index contributed by atoms with van der Waals surface area (Å²) < 4.78 is 38.8. The van der Waals surface area contributed by atoms with E-state index in [-0.39, 0.29) is 36.0 Å². The fourth-order valence-corrected chi connectivity index (χ4v) is 6.33. The lowest BCUT2D eigenvalue weighted by atomic mass is 9.77. The van der Waals surface area contributed by atoms with Crippen molar-refractivity contribution >= 4 is 11.8 Å². The van der Waals surface area contributed by atoms with Crippen LogP contribution in [0.2, 0.25) is 0 Å². The smallest absolute Gasteiger partial charge is 0.130 e. The molecule has 2 aliphatic heterocycles. The molecular weight excluding hydrogens is 468 g/mol. The highest BCUT2D eigenvalue weighted by atomic mass is 32.2. The Morgan fingerprint density at radius 1 is 1.00 bits per heavy atom. The van der Waals surface area contributed by atoms with E-state index in [1.54, 1.807) is 30.0 Å². The summed E-state index contributed by atoms with van der Waals surface area (Å²) in [4.78, 5) is 3.21. The molecule has 184 valence electrons. The molecule has 2 aliphatic rings. The van der Waals surface area contributed by atoms with Crippen molar-refractivity contribution in [3.8, 4) is 17.2 Å². The molecule has 3 aromatic rings. The fraction of sp³-hybridized carbons (Fsp3) is 0.357. The zero-order chi connectivity index (χ0) is 24.4. The third-order valence-corrected chi connectivity index (χ3v) is 8.12. The molecule has 3 aromatic carbocycles. The van der Waals surface area contributed by atoms with E-state index < -0.39 is 0 Å². The average Bonchev–Trinajstić information content (AvgIpc) is 2.85. The number of aromatic hydroxyl groups is 1. The number of nitrogens with zero attached hydrogens (tertiary/aromatic N) is 1. The van der Waals surface area contributed by atoms with Crippen molar-refractivity contribution in [3.63, 3.8) is 0 Å². The lowest BCUT2D eigenvalue weighted by Gasteiger charge is -2.37.